The van der Waals surface area contributed by atoms with Crippen LogP contribution in [0.15, 0.2) is 56.1 Å². The van der Waals surface area contributed by atoms with Gasteiger partial charge in [-0.2, -0.15) is 0 Å². The molecule has 0 radical (unpaired) electrons. The van der Waals surface area contributed by atoms with E-state index in [4.69, 9.17) is 9.15 Å². The summed E-state index contributed by atoms with van der Waals surface area (Å²) in [6.45, 7) is 1.10. The number of aromatic amines is 1. The second-order valence-corrected chi connectivity index (χ2v) is 6.80. The minimum atomic E-state index is -0.274. The molecule has 0 aliphatic carbocycles. The van der Waals surface area contributed by atoms with Crippen LogP contribution < -0.4 is 15.6 Å². The number of furan rings is 1. The van der Waals surface area contributed by atoms with Gasteiger partial charge in [0.15, 0.2) is 0 Å². The minimum absolute atomic E-state index is 0.247. The third-order valence-electron chi connectivity index (χ3n) is 4.12. The van der Waals surface area contributed by atoms with Crippen molar-refractivity contribution < 1.29 is 9.15 Å². The maximum Gasteiger partial charge on any atom is 0.294 e. The molecule has 0 saturated carbocycles. The van der Waals surface area contributed by atoms with E-state index in [-0.39, 0.29) is 11.1 Å². The first-order valence-corrected chi connectivity index (χ1v) is 8.88. The van der Waals surface area contributed by atoms with Crippen LogP contribution in [0.2, 0.25) is 0 Å². The Labute approximate surface area is 157 Å². The smallest absolute Gasteiger partial charge is 0.294 e. The van der Waals surface area contributed by atoms with Crippen molar-refractivity contribution in [2.75, 3.05) is 7.11 Å². The standard InChI is InChI=1S/C19H16BrN3O3/c1-25-13-5-2-11(3-6-13)9-21-10-16-22-17-14-8-12(20)4-7-15(14)26-18(17)19(24)23-16/h2-8,21H,9-10H2,1H3,(H,22,23,24). The predicted octanol–water partition coefficient (Wildman–Crippen LogP) is 3.73. The number of methoxy groups -OCH3 is 1. The molecule has 0 atom stereocenters. The molecule has 6 nitrogen and oxygen atoms in total. The summed E-state index contributed by atoms with van der Waals surface area (Å²) in [7, 11) is 1.64. The normalized spacial score (nSPS) is 11.3. The number of hydrogen-bond donors (Lipinski definition) is 2. The SMILES string of the molecule is COc1ccc(CNCc2nc3c(oc4ccc(Br)cc43)c(=O)[nH]2)cc1. The van der Waals surface area contributed by atoms with E-state index in [1.165, 1.54) is 0 Å². The van der Waals surface area contributed by atoms with Crippen molar-refractivity contribution in [1.29, 1.82) is 0 Å². The molecule has 0 unspecified atom stereocenters. The lowest BCUT2D eigenvalue weighted by molar-refractivity contribution is 0.414. The maximum absolute atomic E-state index is 12.3. The van der Waals surface area contributed by atoms with E-state index < -0.39 is 0 Å². The van der Waals surface area contributed by atoms with Crippen molar-refractivity contribution in [1.82, 2.24) is 15.3 Å². The van der Waals surface area contributed by atoms with Gasteiger partial charge in [0.05, 0.1) is 13.7 Å². The number of nitrogens with zero attached hydrogens (tertiary/aromatic N) is 1. The Hall–Kier alpha value is -2.64. The van der Waals surface area contributed by atoms with Crippen LogP contribution in [0.5, 0.6) is 5.75 Å². The van der Waals surface area contributed by atoms with Crippen LogP contribution in [0.4, 0.5) is 0 Å². The summed E-state index contributed by atoms with van der Waals surface area (Å²) in [5.74, 6) is 1.39. The molecular formula is C19H16BrN3O3. The van der Waals surface area contributed by atoms with Crippen LogP contribution in [-0.4, -0.2) is 17.1 Å². The van der Waals surface area contributed by atoms with Crippen molar-refractivity contribution >= 4 is 38.0 Å². The highest BCUT2D eigenvalue weighted by Crippen LogP contribution is 2.27. The molecule has 2 N–H and O–H groups in total. The first-order valence-electron chi connectivity index (χ1n) is 8.08. The molecule has 132 valence electrons. The number of H-pyrrole nitrogens is 1. The zero-order valence-corrected chi connectivity index (χ0v) is 15.6. The molecule has 0 fully saturated rings. The second kappa shape index (κ2) is 6.93. The highest BCUT2D eigenvalue weighted by atomic mass is 79.9. The monoisotopic (exact) mass is 413 g/mol. The zero-order chi connectivity index (χ0) is 18.1. The van der Waals surface area contributed by atoms with Crippen molar-refractivity contribution in [3.8, 4) is 5.75 Å². The van der Waals surface area contributed by atoms with E-state index in [1.807, 2.05) is 42.5 Å². The van der Waals surface area contributed by atoms with Gasteiger partial charge in [-0.1, -0.05) is 28.1 Å². The fourth-order valence-corrected chi connectivity index (χ4v) is 3.19. The molecule has 7 heteroatoms. The number of ether oxygens (including phenoxy) is 1. The van der Waals surface area contributed by atoms with Crippen molar-refractivity contribution in [2.45, 2.75) is 13.1 Å². The number of rotatable bonds is 5. The van der Waals surface area contributed by atoms with E-state index in [1.54, 1.807) is 7.11 Å². The fraction of sp³-hybridized carbons (Fsp3) is 0.158. The van der Waals surface area contributed by atoms with E-state index >= 15 is 0 Å². The van der Waals surface area contributed by atoms with E-state index in [9.17, 15) is 4.79 Å². The van der Waals surface area contributed by atoms with Crippen LogP contribution in [0.25, 0.3) is 22.1 Å². The number of aromatic nitrogens is 2. The molecule has 4 rings (SSSR count). The summed E-state index contributed by atoms with van der Waals surface area (Å²) in [6.07, 6.45) is 0. The summed E-state index contributed by atoms with van der Waals surface area (Å²) in [4.78, 5) is 19.7. The largest absolute Gasteiger partial charge is 0.497 e. The quantitative estimate of drug-likeness (QED) is 0.520. The first kappa shape index (κ1) is 16.8. The van der Waals surface area contributed by atoms with Crippen LogP contribution in [0.3, 0.4) is 0 Å². The molecular weight excluding hydrogens is 398 g/mol. The molecule has 2 aromatic carbocycles. The lowest BCUT2D eigenvalue weighted by Crippen LogP contribution is -2.18. The molecule has 26 heavy (non-hydrogen) atoms. The van der Waals surface area contributed by atoms with Crippen molar-refractivity contribution in [3.05, 3.63) is 68.7 Å². The molecule has 0 spiro atoms. The molecule has 0 bridgehead atoms. The summed E-state index contributed by atoms with van der Waals surface area (Å²) in [6, 6.07) is 13.4. The van der Waals surface area contributed by atoms with Gasteiger partial charge in [0.2, 0.25) is 5.58 Å². The van der Waals surface area contributed by atoms with Crippen molar-refractivity contribution in [2.24, 2.45) is 0 Å². The van der Waals surface area contributed by atoms with Gasteiger partial charge in [-0.15, -0.1) is 0 Å². The number of benzene rings is 2. The van der Waals surface area contributed by atoms with Gasteiger partial charge in [0.25, 0.3) is 5.56 Å². The van der Waals surface area contributed by atoms with Gasteiger partial charge in [0, 0.05) is 16.4 Å². The van der Waals surface area contributed by atoms with E-state index in [2.05, 4.69) is 31.2 Å². The summed E-state index contributed by atoms with van der Waals surface area (Å²) < 4.78 is 11.7. The lowest BCUT2D eigenvalue weighted by atomic mass is 10.2. The van der Waals surface area contributed by atoms with Gasteiger partial charge in [0.1, 0.15) is 22.7 Å². The number of fused-ring (bicyclic) bond motifs is 3. The molecule has 2 aromatic heterocycles. The average molecular weight is 414 g/mol. The zero-order valence-electron chi connectivity index (χ0n) is 14.0. The number of halogens is 1. The Bertz CT molecular complexity index is 1130. The third-order valence-corrected chi connectivity index (χ3v) is 4.61. The van der Waals surface area contributed by atoms with Gasteiger partial charge < -0.3 is 19.5 Å². The highest BCUT2D eigenvalue weighted by molar-refractivity contribution is 9.10. The van der Waals surface area contributed by atoms with Gasteiger partial charge >= 0.3 is 0 Å². The Morgan fingerprint density at radius 3 is 2.77 bits per heavy atom. The first-order chi connectivity index (χ1) is 12.6. The predicted molar refractivity (Wildman–Crippen MR) is 103 cm³/mol. The number of hydrogen-bond acceptors (Lipinski definition) is 5. The number of nitrogens with one attached hydrogen (secondary N) is 2. The van der Waals surface area contributed by atoms with Crippen LogP contribution in [-0.2, 0) is 13.1 Å². The molecule has 0 aliphatic rings. The Kier molecular flexibility index (Phi) is 4.48. The Morgan fingerprint density at radius 1 is 1.19 bits per heavy atom. The van der Waals surface area contributed by atoms with Gasteiger partial charge in [-0.25, -0.2) is 4.98 Å². The molecule has 0 amide bonds. The average Bonchev–Trinajstić information content (AvgIpc) is 3.01. The second-order valence-electron chi connectivity index (χ2n) is 5.88. The Morgan fingerprint density at radius 2 is 2.00 bits per heavy atom. The van der Waals surface area contributed by atoms with Gasteiger partial charge in [-0.3, -0.25) is 4.79 Å². The summed E-state index contributed by atoms with van der Waals surface area (Å²) in [5.41, 5.74) is 2.31. The van der Waals surface area contributed by atoms with Gasteiger partial charge in [-0.05, 0) is 35.9 Å². The molecule has 0 saturated heterocycles. The summed E-state index contributed by atoms with van der Waals surface area (Å²) in [5, 5.41) is 4.10. The molecule has 4 aromatic rings. The van der Waals surface area contributed by atoms with Crippen LogP contribution in [0.1, 0.15) is 11.4 Å². The van der Waals surface area contributed by atoms with Crippen molar-refractivity contribution in [3.63, 3.8) is 0 Å². The van der Waals surface area contributed by atoms with Crippen LogP contribution >= 0.6 is 15.9 Å². The maximum atomic E-state index is 12.3. The highest BCUT2D eigenvalue weighted by Gasteiger charge is 2.13. The topological polar surface area (TPSA) is 80.2 Å². The minimum Gasteiger partial charge on any atom is -0.497 e. The summed E-state index contributed by atoms with van der Waals surface area (Å²) >= 11 is 3.44. The van der Waals surface area contributed by atoms with Crippen LogP contribution in [0, 0.1) is 0 Å². The Balaban J connectivity index is 1.57. The molecule has 0 aliphatic heterocycles. The fourth-order valence-electron chi connectivity index (χ4n) is 2.82. The van der Waals surface area contributed by atoms with E-state index in [0.717, 1.165) is 21.2 Å². The lowest BCUT2D eigenvalue weighted by Gasteiger charge is -2.06. The third kappa shape index (κ3) is 3.23. The van der Waals surface area contributed by atoms with E-state index in [0.29, 0.717) is 30.0 Å². The molecule has 2 heterocycles.